The van der Waals surface area contributed by atoms with Gasteiger partial charge in [-0.25, -0.2) is 24.3 Å². The van der Waals surface area contributed by atoms with Crippen molar-refractivity contribution in [2.24, 2.45) is 0 Å². The van der Waals surface area contributed by atoms with Crippen molar-refractivity contribution in [3.05, 3.63) is 52.7 Å². The Bertz CT molecular complexity index is 1140. The van der Waals surface area contributed by atoms with Crippen LogP contribution in [0.3, 0.4) is 0 Å². The molecule has 5 N–H and O–H groups in total. The van der Waals surface area contributed by atoms with E-state index in [4.69, 9.17) is 16.2 Å². The first-order chi connectivity index (χ1) is 13.9. The summed E-state index contributed by atoms with van der Waals surface area (Å²) in [5.41, 5.74) is 14.4. The number of benzene rings is 1. The molecule has 0 saturated carbocycles. The molecule has 0 fully saturated rings. The minimum atomic E-state index is -0.468. The Labute approximate surface area is 165 Å². The minimum absolute atomic E-state index is 0.100. The van der Waals surface area contributed by atoms with Gasteiger partial charge in [-0.05, 0) is 24.6 Å². The SMILES string of the molecule is COc1nc(-c2cc(F)ccc2C2Cc3nc(N)nc(C)c3C(=O)N2)cnc1N. The normalized spacial score (nSPS) is 15.6. The Morgan fingerprint density at radius 2 is 2.03 bits per heavy atom. The number of aromatic nitrogens is 4. The van der Waals surface area contributed by atoms with Gasteiger partial charge in [-0.15, -0.1) is 0 Å². The van der Waals surface area contributed by atoms with Gasteiger partial charge in [0.1, 0.15) is 5.82 Å². The number of rotatable bonds is 3. The maximum atomic E-state index is 14.1. The van der Waals surface area contributed by atoms with E-state index in [0.717, 1.165) is 0 Å². The molecule has 10 heteroatoms. The first-order valence-electron chi connectivity index (χ1n) is 8.77. The molecule has 0 bridgehead atoms. The van der Waals surface area contributed by atoms with Crippen LogP contribution < -0.4 is 21.5 Å². The van der Waals surface area contributed by atoms with Crippen molar-refractivity contribution in [2.45, 2.75) is 19.4 Å². The Kier molecular flexibility index (Phi) is 4.45. The molecule has 0 radical (unpaired) electrons. The number of amides is 1. The zero-order chi connectivity index (χ0) is 20.7. The molecule has 0 aliphatic carbocycles. The summed E-state index contributed by atoms with van der Waals surface area (Å²) < 4.78 is 19.2. The molecule has 148 valence electrons. The molecule has 1 atom stereocenters. The summed E-state index contributed by atoms with van der Waals surface area (Å²) in [7, 11) is 1.42. The fourth-order valence-electron chi connectivity index (χ4n) is 3.48. The second-order valence-electron chi connectivity index (χ2n) is 6.60. The van der Waals surface area contributed by atoms with Gasteiger partial charge < -0.3 is 21.5 Å². The van der Waals surface area contributed by atoms with Crippen LogP contribution in [0.25, 0.3) is 11.3 Å². The molecule has 1 aromatic carbocycles. The van der Waals surface area contributed by atoms with Gasteiger partial charge in [0.2, 0.25) is 5.95 Å². The molecule has 4 rings (SSSR count). The number of nitrogens with zero attached hydrogens (tertiary/aromatic N) is 4. The van der Waals surface area contributed by atoms with E-state index in [1.165, 1.54) is 25.4 Å². The summed E-state index contributed by atoms with van der Waals surface area (Å²) in [6.07, 6.45) is 1.80. The largest absolute Gasteiger partial charge is 0.478 e. The maximum Gasteiger partial charge on any atom is 0.257 e. The number of halogens is 1. The number of hydrogen-bond acceptors (Lipinski definition) is 8. The molecule has 0 saturated heterocycles. The van der Waals surface area contributed by atoms with Crippen LogP contribution >= 0.6 is 0 Å². The lowest BCUT2D eigenvalue weighted by atomic mass is 9.90. The van der Waals surface area contributed by atoms with Crippen LogP contribution in [0.2, 0.25) is 0 Å². The molecule has 0 spiro atoms. The summed E-state index contributed by atoms with van der Waals surface area (Å²) in [5.74, 6) is -0.414. The Hall–Kier alpha value is -3.82. The fourth-order valence-corrected chi connectivity index (χ4v) is 3.48. The predicted molar refractivity (Wildman–Crippen MR) is 103 cm³/mol. The third kappa shape index (κ3) is 3.28. The second-order valence-corrected chi connectivity index (χ2v) is 6.60. The molecule has 2 aromatic heterocycles. The van der Waals surface area contributed by atoms with E-state index in [1.807, 2.05) is 0 Å². The van der Waals surface area contributed by atoms with Crippen LogP contribution in [-0.2, 0) is 6.42 Å². The van der Waals surface area contributed by atoms with Gasteiger partial charge in [-0.3, -0.25) is 4.79 Å². The molecule has 29 heavy (non-hydrogen) atoms. The van der Waals surface area contributed by atoms with E-state index in [2.05, 4.69) is 25.3 Å². The van der Waals surface area contributed by atoms with Gasteiger partial charge in [0.15, 0.2) is 5.82 Å². The quantitative estimate of drug-likeness (QED) is 0.607. The number of nitrogens with two attached hydrogens (primary N) is 2. The predicted octanol–water partition coefficient (Wildman–Crippen LogP) is 1.58. The highest BCUT2D eigenvalue weighted by Crippen LogP contribution is 2.34. The van der Waals surface area contributed by atoms with Crippen molar-refractivity contribution in [3.63, 3.8) is 0 Å². The van der Waals surface area contributed by atoms with E-state index in [0.29, 0.717) is 40.2 Å². The van der Waals surface area contributed by atoms with Crippen LogP contribution in [0.5, 0.6) is 5.88 Å². The zero-order valence-corrected chi connectivity index (χ0v) is 15.7. The average Bonchev–Trinajstić information content (AvgIpc) is 2.67. The lowest BCUT2D eigenvalue weighted by molar-refractivity contribution is 0.0922. The molecule has 1 unspecified atom stereocenters. The van der Waals surface area contributed by atoms with Crippen LogP contribution in [0.15, 0.2) is 24.4 Å². The molecular formula is C19H18FN7O2. The summed E-state index contributed by atoms with van der Waals surface area (Å²) in [5, 5.41) is 2.93. The monoisotopic (exact) mass is 395 g/mol. The highest BCUT2D eigenvalue weighted by molar-refractivity contribution is 5.98. The highest BCUT2D eigenvalue weighted by Gasteiger charge is 2.30. The first-order valence-corrected chi connectivity index (χ1v) is 8.77. The number of aryl methyl sites for hydroxylation is 1. The Balaban J connectivity index is 1.82. The van der Waals surface area contributed by atoms with Gasteiger partial charge in [0, 0.05) is 12.0 Å². The molecule has 1 aliphatic heterocycles. The first kappa shape index (κ1) is 18.5. The third-order valence-corrected chi connectivity index (χ3v) is 4.74. The topological polar surface area (TPSA) is 142 Å². The van der Waals surface area contributed by atoms with Crippen LogP contribution in [-0.4, -0.2) is 33.0 Å². The Morgan fingerprint density at radius 1 is 1.24 bits per heavy atom. The molecular weight excluding hydrogens is 377 g/mol. The van der Waals surface area contributed by atoms with Crippen molar-refractivity contribution in [1.82, 2.24) is 25.3 Å². The number of methoxy groups -OCH3 is 1. The van der Waals surface area contributed by atoms with E-state index in [1.54, 1.807) is 13.0 Å². The number of carbonyl (C=O) groups excluding carboxylic acids is 1. The number of anilines is 2. The number of ether oxygens (including phenoxy) is 1. The lowest BCUT2D eigenvalue weighted by Crippen LogP contribution is -2.37. The van der Waals surface area contributed by atoms with E-state index >= 15 is 0 Å². The van der Waals surface area contributed by atoms with E-state index in [9.17, 15) is 9.18 Å². The van der Waals surface area contributed by atoms with Gasteiger partial charge in [0.25, 0.3) is 11.8 Å². The van der Waals surface area contributed by atoms with Gasteiger partial charge in [-0.2, -0.15) is 0 Å². The zero-order valence-electron chi connectivity index (χ0n) is 15.7. The summed E-state index contributed by atoms with van der Waals surface area (Å²) in [4.78, 5) is 29.3. The van der Waals surface area contributed by atoms with Crippen LogP contribution in [0.4, 0.5) is 16.2 Å². The van der Waals surface area contributed by atoms with Crippen LogP contribution in [0, 0.1) is 12.7 Å². The van der Waals surface area contributed by atoms with Crippen molar-refractivity contribution in [2.75, 3.05) is 18.6 Å². The van der Waals surface area contributed by atoms with Gasteiger partial charge in [-0.1, -0.05) is 6.07 Å². The second kappa shape index (κ2) is 6.97. The number of fused-ring (bicyclic) bond motifs is 1. The summed E-state index contributed by atoms with van der Waals surface area (Å²) in [6.45, 7) is 1.70. The standard InChI is InChI=1S/C19H18FN7O2/c1-8-15-13(27-19(22)24-8)6-12(25-17(15)28)10-4-3-9(20)5-11(10)14-7-23-16(21)18(26-14)29-2/h3-5,7,12H,6H2,1-2H3,(H2,21,23)(H,25,28)(H2,22,24,27). The van der Waals surface area contributed by atoms with Crippen LogP contribution in [0.1, 0.15) is 33.4 Å². The number of carbonyl (C=O) groups is 1. The summed E-state index contributed by atoms with van der Waals surface area (Å²) in [6, 6.07) is 3.78. The van der Waals surface area contributed by atoms with E-state index in [-0.39, 0.29) is 23.6 Å². The van der Waals surface area contributed by atoms with Gasteiger partial charge in [0.05, 0.1) is 42.0 Å². The molecule has 1 aliphatic rings. The number of hydrogen-bond donors (Lipinski definition) is 3. The third-order valence-electron chi connectivity index (χ3n) is 4.74. The van der Waals surface area contributed by atoms with Crippen molar-refractivity contribution in [3.8, 4) is 17.1 Å². The lowest BCUT2D eigenvalue weighted by Gasteiger charge is -2.27. The fraction of sp³-hybridized carbons (Fsp3) is 0.211. The van der Waals surface area contributed by atoms with E-state index < -0.39 is 11.9 Å². The van der Waals surface area contributed by atoms with Crippen molar-refractivity contribution < 1.29 is 13.9 Å². The smallest absolute Gasteiger partial charge is 0.257 e. The number of nitrogens with one attached hydrogen (secondary N) is 1. The van der Waals surface area contributed by atoms with Gasteiger partial charge >= 0.3 is 0 Å². The molecule has 3 aromatic rings. The molecule has 3 heterocycles. The molecule has 1 amide bonds. The highest BCUT2D eigenvalue weighted by atomic mass is 19.1. The van der Waals surface area contributed by atoms with Crippen molar-refractivity contribution in [1.29, 1.82) is 0 Å². The Morgan fingerprint density at radius 3 is 2.79 bits per heavy atom. The summed E-state index contributed by atoms with van der Waals surface area (Å²) >= 11 is 0. The average molecular weight is 395 g/mol. The molecule has 9 nitrogen and oxygen atoms in total. The number of nitrogen functional groups attached to an aromatic ring is 2. The van der Waals surface area contributed by atoms with Crippen molar-refractivity contribution >= 4 is 17.7 Å². The maximum absolute atomic E-state index is 14.1. The minimum Gasteiger partial charge on any atom is -0.478 e.